The summed E-state index contributed by atoms with van der Waals surface area (Å²) in [5, 5.41) is 21.0. The SMILES string of the molecule is Cc1ccsc1-c1nnc(SCc2cc(=O)oc3cc(O)c(Cl)cc23)o1. The van der Waals surface area contributed by atoms with Crippen molar-refractivity contribution < 1.29 is 13.9 Å². The molecule has 26 heavy (non-hydrogen) atoms. The molecule has 4 rings (SSSR count). The van der Waals surface area contributed by atoms with Gasteiger partial charge in [0.1, 0.15) is 11.3 Å². The van der Waals surface area contributed by atoms with Crippen LogP contribution in [-0.4, -0.2) is 15.3 Å². The predicted octanol–water partition coefficient (Wildman–Crippen LogP) is 4.86. The van der Waals surface area contributed by atoms with Gasteiger partial charge in [-0.3, -0.25) is 0 Å². The van der Waals surface area contributed by atoms with E-state index in [4.69, 9.17) is 20.4 Å². The van der Waals surface area contributed by atoms with Gasteiger partial charge in [-0.15, -0.1) is 21.5 Å². The van der Waals surface area contributed by atoms with Crippen molar-refractivity contribution in [3.63, 3.8) is 0 Å². The lowest BCUT2D eigenvalue weighted by atomic mass is 10.1. The predicted molar refractivity (Wildman–Crippen MR) is 101 cm³/mol. The molecule has 132 valence electrons. The summed E-state index contributed by atoms with van der Waals surface area (Å²) in [6.07, 6.45) is 0. The minimum absolute atomic E-state index is 0.139. The third-order valence-electron chi connectivity index (χ3n) is 3.71. The van der Waals surface area contributed by atoms with E-state index in [1.807, 2.05) is 18.4 Å². The average molecular weight is 407 g/mol. The van der Waals surface area contributed by atoms with Crippen LogP contribution in [0.25, 0.3) is 21.7 Å². The normalized spacial score (nSPS) is 11.3. The first-order chi connectivity index (χ1) is 12.5. The maximum absolute atomic E-state index is 11.8. The van der Waals surface area contributed by atoms with Gasteiger partial charge < -0.3 is 13.9 Å². The van der Waals surface area contributed by atoms with Crippen molar-refractivity contribution in [2.45, 2.75) is 17.9 Å². The Morgan fingerprint density at radius 2 is 2.12 bits per heavy atom. The number of phenolic OH excluding ortho intramolecular Hbond substituents is 1. The van der Waals surface area contributed by atoms with E-state index < -0.39 is 5.63 Å². The fraction of sp³-hybridized carbons (Fsp3) is 0.118. The van der Waals surface area contributed by atoms with E-state index in [2.05, 4.69) is 10.2 Å². The van der Waals surface area contributed by atoms with Crippen molar-refractivity contribution in [2.75, 3.05) is 0 Å². The van der Waals surface area contributed by atoms with Crippen molar-refractivity contribution in [1.82, 2.24) is 10.2 Å². The summed E-state index contributed by atoms with van der Waals surface area (Å²) in [5.41, 5.74) is 1.55. The Bertz CT molecular complexity index is 1170. The van der Waals surface area contributed by atoms with Crippen molar-refractivity contribution in [2.24, 2.45) is 0 Å². The molecule has 0 atom stereocenters. The lowest BCUT2D eigenvalue weighted by molar-refractivity contribution is 0.466. The molecular weight excluding hydrogens is 396 g/mol. The van der Waals surface area contributed by atoms with Crippen molar-refractivity contribution in [3.05, 3.63) is 56.2 Å². The molecule has 0 unspecified atom stereocenters. The number of thioether (sulfide) groups is 1. The number of hydrogen-bond donors (Lipinski definition) is 1. The smallest absolute Gasteiger partial charge is 0.336 e. The zero-order valence-corrected chi connectivity index (χ0v) is 15.7. The molecule has 3 heterocycles. The molecule has 6 nitrogen and oxygen atoms in total. The monoisotopic (exact) mass is 406 g/mol. The highest BCUT2D eigenvalue weighted by Gasteiger charge is 2.14. The van der Waals surface area contributed by atoms with Crippen LogP contribution in [0.1, 0.15) is 11.1 Å². The van der Waals surface area contributed by atoms with Crippen LogP contribution >= 0.6 is 34.7 Å². The molecule has 1 aromatic carbocycles. The summed E-state index contributed by atoms with van der Waals surface area (Å²) < 4.78 is 10.8. The second-order valence-electron chi connectivity index (χ2n) is 5.48. The highest BCUT2D eigenvalue weighted by Crippen LogP contribution is 2.34. The largest absolute Gasteiger partial charge is 0.506 e. The van der Waals surface area contributed by atoms with Crippen molar-refractivity contribution >= 4 is 45.7 Å². The first-order valence-corrected chi connectivity index (χ1v) is 9.71. The molecule has 3 aromatic heterocycles. The number of phenols is 1. The Morgan fingerprint density at radius 1 is 1.27 bits per heavy atom. The van der Waals surface area contributed by atoms with E-state index >= 15 is 0 Å². The quantitative estimate of drug-likeness (QED) is 0.382. The first kappa shape index (κ1) is 17.1. The van der Waals surface area contributed by atoms with Crippen LogP contribution in [0.2, 0.25) is 5.02 Å². The lowest BCUT2D eigenvalue weighted by Gasteiger charge is -2.05. The van der Waals surface area contributed by atoms with Gasteiger partial charge in [-0.2, -0.15) is 0 Å². The third kappa shape index (κ3) is 3.23. The fourth-order valence-corrected chi connectivity index (χ4v) is 4.21. The van der Waals surface area contributed by atoms with E-state index in [1.165, 1.54) is 35.2 Å². The fourth-order valence-electron chi connectivity index (χ4n) is 2.45. The number of aryl methyl sites for hydroxylation is 1. The minimum Gasteiger partial charge on any atom is -0.506 e. The van der Waals surface area contributed by atoms with Crippen molar-refractivity contribution in [1.29, 1.82) is 0 Å². The molecule has 0 bridgehead atoms. The summed E-state index contributed by atoms with van der Waals surface area (Å²) in [6.45, 7) is 1.98. The summed E-state index contributed by atoms with van der Waals surface area (Å²) in [6, 6.07) is 6.28. The van der Waals surface area contributed by atoms with Gasteiger partial charge in [-0.05, 0) is 35.6 Å². The molecule has 0 saturated carbocycles. The first-order valence-electron chi connectivity index (χ1n) is 7.47. The van der Waals surface area contributed by atoms with Crippen LogP contribution in [0.15, 0.2) is 48.5 Å². The molecule has 4 aromatic rings. The Morgan fingerprint density at radius 3 is 2.88 bits per heavy atom. The molecule has 0 radical (unpaired) electrons. The number of rotatable bonds is 4. The molecule has 0 amide bonds. The van der Waals surface area contributed by atoms with Gasteiger partial charge >= 0.3 is 5.63 Å². The average Bonchev–Trinajstić information content (AvgIpc) is 3.23. The molecule has 0 aliphatic carbocycles. The number of hydrogen-bond acceptors (Lipinski definition) is 8. The number of benzene rings is 1. The van der Waals surface area contributed by atoms with Crippen LogP contribution in [-0.2, 0) is 5.75 Å². The number of fused-ring (bicyclic) bond motifs is 1. The Labute approximate surface area is 160 Å². The molecule has 0 saturated heterocycles. The molecule has 0 fully saturated rings. The van der Waals surface area contributed by atoms with Gasteiger partial charge in [0, 0.05) is 23.3 Å². The third-order valence-corrected chi connectivity index (χ3v) is 5.89. The maximum atomic E-state index is 11.8. The molecule has 0 aliphatic rings. The van der Waals surface area contributed by atoms with E-state index in [-0.39, 0.29) is 16.4 Å². The Hall–Kier alpha value is -2.29. The van der Waals surface area contributed by atoms with Gasteiger partial charge in [-0.1, -0.05) is 23.4 Å². The molecule has 9 heteroatoms. The summed E-state index contributed by atoms with van der Waals surface area (Å²) >= 11 is 8.82. The van der Waals surface area contributed by atoms with E-state index in [9.17, 15) is 9.90 Å². The van der Waals surface area contributed by atoms with Crippen LogP contribution in [0.4, 0.5) is 0 Å². The Balaban J connectivity index is 1.62. The zero-order valence-electron chi connectivity index (χ0n) is 13.4. The zero-order chi connectivity index (χ0) is 18.3. The summed E-state index contributed by atoms with van der Waals surface area (Å²) in [5.74, 6) is 0.749. The van der Waals surface area contributed by atoms with Crippen LogP contribution in [0.3, 0.4) is 0 Å². The Kier molecular flexibility index (Phi) is 4.47. The second kappa shape index (κ2) is 6.79. The van der Waals surface area contributed by atoms with Gasteiger partial charge in [0.15, 0.2) is 0 Å². The number of aromatic nitrogens is 2. The second-order valence-corrected chi connectivity index (χ2v) is 7.73. The molecule has 1 N–H and O–H groups in total. The minimum atomic E-state index is -0.504. The van der Waals surface area contributed by atoms with E-state index in [0.717, 1.165) is 10.4 Å². The maximum Gasteiger partial charge on any atom is 0.336 e. The highest BCUT2D eigenvalue weighted by molar-refractivity contribution is 7.98. The van der Waals surface area contributed by atoms with Crippen LogP contribution in [0.5, 0.6) is 5.75 Å². The summed E-state index contributed by atoms with van der Waals surface area (Å²) in [7, 11) is 0. The summed E-state index contributed by atoms with van der Waals surface area (Å²) in [4.78, 5) is 12.7. The van der Waals surface area contributed by atoms with Gasteiger partial charge in [0.05, 0.1) is 9.90 Å². The van der Waals surface area contributed by atoms with Crippen molar-refractivity contribution in [3.8, 4) is 16.5 Å². The molecule has 0 spiro atoms. The lowest BCUT2D eigenvalue weighted by Crippen LogP contribution is -2.00. The molecule has 0 aliphatic heterocycles. The number of nitrogens with zero attached hydrogens (tertiary/aromatic N) is 2. The van der Waals surface area contributed by atoms with E-state index in [0.29, 0.717) is 27.8 Å². The van der Waals surface area contributed by atoms with Gasteiger partial charge in [-0.25, -0.2) is 4.79 Å². The highest BCUT2D eigenvalue weighted by atomic mass is 35.5. The topological polar surface area (TPSA) is 89.4 Å². The number of aromatic hydroxyl groups is 1. The van der Waals surface area contributed by atoms with Gasteiger partial charge in [0.25, 0.3) is 11.1 Å². The number of thiophene rings is 1. The molecular formula is C17H11ClN2O4S2. The van der Waals surface area contributed by atoms with E-state index in [1.54, 1.807) is 6.07 Å². The van der Waals surface area contributed by atoms with Crippen LogP contribution in [0, 0.1) is 6.92 Å². The van der Waals surface area contributed by atoms with Gasteiger partial charge in [0.2, 0.25) is 0 Å². The van der Waals surface area contributed by atoms with Crippen LogP contribution < -0.4 is 5.63 Å². The standard InChI is InChI=1S/C17H11ClN2O4S2/c1-8-2-3-25-15(8)16-19-20-17(24-16)26-7-9-4-14(22)23-13-6-12(21)11(18)5-10(9)13/h2-6,21H,7H2,1H3. The number of halogens is 1.